The average Bonchev–Trinajstić information content (AvgIpc) is 2.55. The Morgan fingerprint density at radius 2 is 2.64 bits per heavy atom. The van der Waals surface area contributed by atoms with Crippen LogP contribution in [-0.2, 0) is 5.41 Å². The summed E-state index contributed by atoms with van der Waals surface area (Å²) in [6, 6.07) is 4.25. The fraction of sp³-hybridized carbons (Fsp3) is 0.556. The summed E-state index contributed by atoms with van der Waals surface area (Å²) in [4.78, 5) is 1.43. The molecule has 1 aromatic rings. The van der Waals surface area contributed by atoms with Gasteiger partial charge in [0.05, 0.1) is 0 Å². The van der Waals surface area contributed by atoms with E-state index in [0.717, 1.165) is 6.42 Å². The van der Waals surface area contributed by atoms with Crippen LogP contribution in [0.5, 0.6) is 0 Å². The molecular formula is C9H12OS. The lowest BCUT2D eigenvalue weighted by molar-refractivity contribution is 0.266. The Balaban J connectivity index is 2.19. The zero-order valence-corrected chi connectivity index (χ0v) is 7.40. The van der Waals surface area contributed by atoms with E-state index in [-0.39, 0.29) is 0 Å². The first kappa shape index (κ1) is 7.32. The molecule has 2 rings (SSSR count). The van der Waals surface area contributed by atoms with Gasteiger partial charge in [0.15, 0.2) is 0 Å². The van der Waals surface area contributed by atoms with E-state index >= 15 is 0 Å². The zero-order valence-electron chi connectivity index (χ0n) is 6.58. The van der Waals surface area contributed by atoms with Gasteiger partial charge in [-0.2, -0.15) is 0 Å². The van der Waals surface area contributed by atoms with Crippen LogP contribution in [-0.4, -0.2) is 11.7 Å². The molecule has 1 N–H and O–H groups in total. The van der Waals surface area contributed by atoms with Gasteiger partial charge in [0.2, 0.25) is 0 Å². The molecule has 1 aliphatic rings. The molecule has 2 heteroatoms. The van der Waals surface area contributed by atoms with Crippen LogP contribution in [0.15, 0.2) is 17.5 Å². The zero-order chi connectivity index (χ0) is 7.90. The van der Waals surface area contributed by atoms with Crippen molar-refractivity contribution in [3.8, 4) is 0 Å². The summed E-state index contributed by atoms with van der Waals surface area (Å²) in [7, 11) is 0. The fourth-order valence-electron chi connectivity index (χ4n) is 1.62. The molecule has 0 aromatic carbocycles. The van der Waals surface area contributed by atoms with E-state index in [1.54, 1.807) is 11.3 Å². The van der Waals surface area contributed by atoms with Gasteiger partial charge in [-0.05, 0) is 23.8 Å². The molecule has 0 amide bonds. The van der Waals surface area contributed by atoms with E-state index in [2.05, 4.69) is 24.4 Å². The van der Waals surface area contributed by atoms with Crippen molar-refractivity contribution in [2.45, 2.75) is 18.8 Å². The van der Waals surface area contributed by atoms with Gasteiger partial charge in [0.1, 0.15) is 0 Å². The standard InChI is InChI=1S/C9H12OS/c1-9(5-7(9)6-10)8-3-2-4-11-8/h2-4,7,10H,5-6H2,1H3/t7-,9-/m1/s1. The fourth-order valence-corrected chi connectivity index (χ4v) is 2.60. The quantitative estimate of drug-likeness (QED) is 0.716. The second-order valence-corrected chi connectivity index (χ2v) is 4.43. The number of aliphatic hydroxyl groups is 1. The van der Waals surface area contributed by atoms with Crippen molar-refractivity contribution in [3.05, 3.63) is 22.4 Å². The van der Waals surface area contributed by atoms with Crippen LogP contribution in [0.1, 0.15) is 18.2 Å². The van der Waals surface area contributed by atoms with Crippen LogP contribution < -0.4 is 0 Å². The van der Waals surface area contributed by atoms with E-state index in [1.807, 2.05) is 0 Å². The highest BCUT2D eigenvalue weighted by Crippen LogP contribution is 2.54. The third kappa shape index (κ3) is 1.01. The minimum atomic E-state index is 0.308. The molecule has 0 bridgehead atoms. The molecule has 11 heavy (non-hydrogen) atoms. The summed E-state index contributed by atoms with van der Waals surface area (Å²) >= 11 is 1.80. The Labute approximate surface area is 70.7 Å². The first-order valence-electron chi connectivity index (χ1n) is 3.92. The number of hydrogen-bond donors (Lipinski definition) is 1. The van der Waals surface area contributed by atoms with Crippen LogP contribution in [0.3, 0.4) is 0 Å². The van der Waals surface area contributed by atoms with E-state index in [0.29, 0.717) is 17.9 Å². The summed E-state index contributed by atoms with van der Waals surface area (Å²) in [5.74, 6) is 0.515. The Bertz CT molecular complexity index is 242. The van der Waals surface area contributed by atoms with Crippen LogP contribution in [0.4, 0.5) is 0 Å². The van der Waals surface area contributed by atoms with Crippen molar-refractivity contribution in [1.82, 2.24) is 0 Å². The minimum Gasteiger partial charge on any atom is -0.396 e. The van der Waals surface area contributed by atoms with Gasteiger partial charge in [0, 0.05) is 16.9 Å². The van der Waals surface area contributed by atoms with Gasteiger partial charge in [-0.3, -0.25) is 0 Å². The number of hydrogen-bond acceptors (Lipinski definition) is 2. The molecule has 0 spiro atoms. The molecule has 1 aromatic heterocycles. The van der Waals surface area contributed by atoms with E-state index in [1.165, 1.54) is 4.88 Å². The summed E-state index contributed by atoms with van der Waals surface area (Å²) in [5, 5.41) is 11.0. The maximum atomic E-state index is 8.95. The minimum absolute atomic E-state index is 0.308. The molecule has 2 atom stereocenters. The highest BCUT2D eigenvalue weighted by molar-refractivity contribution is 7.10. The monoisotopic (exact) mass is 168 g/mol. The summed E-state index contributed by atoms with van der Waals surface area (Å²) < 4.78 is 0. The van der Waals surface area contributed by atoms with E-state index in [9.17, 15) is 0 Å². The first-order valence-corrected chi connectivity index (χ1v) is 4.80. The smallest absolute Gasteiger partial charge is 0.0468 e. The van der Waals surface area contributed by atoms with Crippen LogP contribution in [0.2, 0.25) is 0 Å². The first-order chi connectivity index (χ1) is 5.27. The Morgan fingerprint density at radius 1 is 1.82 bits per heavy atom. The molecule has 1 aliphatic carbocycles. The number of thiophene rings is 1. The van der Waals surface area contributed by atoms with E-state index in [4.69, 9.17) is 5.11 Å². The van der Waals surface area contributed by atoms with Crippen molar-refractivity contribution in [2.24, 2.45) is 5.92 Å². The lowest BCUT2D eigenvalue weighted by Crippen LogP contribution is -2.03. The summed E-state index contributed by atoms with van der Waals surface area (Å²) in [5.41, 5.74) is 0.308. The number of aliphatic hydroxyl groups excluding tert-OH is 1. The lowest BCUT2D eigenvalue weighted by Gasteiger charge is -2.05. The Morgan fingerprint density at radius 3 is 3.09 bits per heavy atom. The molecular weight excluding hydrogens is 156 g/mol. The third-order valence-electron chi connectivity index (χ3n) is 2.72. The van der Waals surface area contributed by atoms with Gasteiger partial charge >= 0.3 is 0 Å². The Hall–Kier alpha value is -0.340. The predicted octanol–water partition coefficient (Wildman–Crippen LogP) is 2.02. The van der Waals surface area contributed by atoms with Crippen LogP contribution in [0, 0.1) is 5.92 Å². The van der Waals surface area contributed by atoms with Crippen molar-refractivity contribution in [2.75, 3.05) is 6.61 Å². The maximum absolute atomic E-state index is 8.95. The summed E-state index contributed by atoms with van der Waals surface area (Å²) in [6.45, 7) is 2.58. The molecule has 1 saturated carbocycles. The summed E-state index contributed by atoms with van der Waals surface area (Å²) in [6.07, 6.45) is 1.16. The SMILES string of the molecule is C[C@@]1(c2cccs2)C[C@@H]1CO. The Kier molecular flexibility index (Phi) is 1.55. The predicted molar refractivity (Wildman–Crippen MR) is 46.9 cm³/mol. The molecule has 1 fully saturated rings. The van der Waals surface area contributed by atoms with Gasteiger partial charge in [-0.15, -0.1) is 11.3 Å². The highest BCUT2D eigenvalue weighted by atomic mass is 32.1. The second-order valence-electron chi connectivity index (χ2n) is 3.48. The molecule has 0 unspecified atom stereocenters. The molecule has 1 heterocycles. The molecule has 0 aliphatic heterocycles. The molecule has 0 radical (unpaired) electrons. The van der Waals surface area contributed by atoms with Gasteiger partial charge in [-0.25, -0.2) is 0 Å². The second kappa shape index (κ2) is 2.32. The van der Waals surface area contributed by atoms with Gasteiger partial charge in [-0.1, -0.05) is 13.0 Å². The van der Waals surface area contributed by atoms with Crippen molar-refractivity contribution in [1.29, 1.82) is 0 Å². The maximum Gasteiger partial charge on any atom is 0.0468 e. The lowest BCUT2D eigenvalue weighted by atomic mass is 10.1. The third-order valence-corrected chi connectivity index (χ3v) is 3.87. The number of rotatable bonds is 2. The van der Waals surface area contributed by atoms with Gasteiger partial charge < -0.3 is 5.11 Å². The van der Waals surface area contributed by atoms with E-state index < -0.39 is 0 Å². The van der Waals surface area contributed by atoms with Crippen molar-refractivity contribution >= 4 is 11.3 Å². The topological polar surface area (TPSA) is 20.2 Å². The van der Waals surface area contributed by atoms with Crippen LogP contribution >= 0.6 is 11.3 Å². The van der Waals surface area contributed by atoms with Crippen LogP contribution in [0.25, 0.3) is 0 Å². The van der Waals surface area contributed by atoms with Crippen molar-refractivity contribution in [3.63, 3.8) is 0 Å². The molecule has 0 saturated heterocycles. The highest BCUT2D eigenvalue weighted by Gasteiger charge is 2.51. The van der Waals surface area contributed by atoms with Gasteiger partial charge in [0.25, 0.3) is 0 Å². The average molecular weight is 168 g/mol. The largest absolute Gasteiger partial charge is 0.396 e. The molecule has 60 valence electrons. The van der Waals surface area contributed by atoms with Crippen molar-refractivity contribution < 1.29 is 5.11 Å². The normalized spacial score (nSPS) is 35.6. The molecule has 1 nitrogen and oxygen atoms in total.